The molecule has 0 aromatic heterocycles. The van der Waals surface area contributed by atoms with Gasteiger partial charge in [0, 0.05) is 5.56 Å². The molecule has 0 saturated heterocycles. The van der Waals surface area contributed by atoms with E-state index in [-0.39, 0.29) is 30.2 Å². The number of carbonyl (C=O) groups excluding carboxylic acids is 1. The van der Waals surface area contributed by atoms with Crippen LogP contribution < -0.4 is 15.8 Å². The van der Waals surface area contributed by atoms with Crippen LogP contribution in [0.4, 0.5) is 4.39 Å². The lowest BCUT2D eigenvalue weighted by Crippen LogP contribution is -2.39. The normalized spacial score (nSPS) is 13.2. The number of carbonyl (C=O) groups is 1. The standard InChI is InChI=1S/C12H17FN2O2.ClH/c1-7(14)12(16)15-8(2)10-6-9(13)4-5-11(10)17-3;/h4-8H,14H2,1-3H3,(H,15,16);1H/t7-,8?;/m1./s1. The molecule has 1 unspecified atom stereocenters. The number of amides is 1. The maximum absolute atomic E-state index is 13.1. The van der Waals surface area contributed by atoms with Crippen molar-refractivity contribution in [1.29, 1.82) is 0 Å². The lowest BCUT2D eigenvalue weighted by atomic mass is 10.1. The van der Waals surface area contributed by atoms with Gasteiger partial charge in [-0.05, 0) is 32.0 Å². The Hall–Kier alpha value is -1.33. The molecule has 102 valence electrons. The number of halogens is 2. The first-order valence-corrected chi connectivity index (χ1v) is 5.35. The zero-order chi connectivity index (χ0) is 13.0. The molecule has 4 nitrogen and oxygen atoms in total. The highest BCUT2D eigenvalue weighted by molar-refractivity contribution is 5.85. The van der Waals surface area contributed by atoms with Crippen molar-refractivity contribution in [3.8, 4) is 5.75 Å². The fraction of sp³-hybridized carbons (Fsp3) is 0.417. The number of nitrogens with two attached hydrogens (primary N) is 1. The predicted molar refractivity (Wildman–Crippen MR) is 70.4 cm³/mol. The minimum absolute atomic E-state index is 0. The summed E-state index contributed by atoms with van der Waals surface area (Å²) < 4.78 is 18.3. The first kappa shape index (κ1) is 16.7. The number of methoxy groups -OCH3 is 1. The van der Waals surface area contributed by atoms with Crippen LogP contribution in [0.1, 0.15) is 25.5 Å². The third-order valence-corrected chi connectivity index (χ3v) is 2.43. The highest BCUT2D eigenvalue weighted by Gasteiger charge is 2.16. The summed E-state index contributed by atoms with van der Waals surface area (Å²) in [5.74, 6) is -0.129. The molecule has 0 heterocycles. The van der Waals surface area contributed by atoms with Gasteiger partial charge in [-0.15, -0.1) is 12.4 Å². The topological polar surface area (TPSA) is 64.3 Å². The van der Waals surface area contributed by atoms with Gasteiger partial charge in [-0.2, -0.15) is 0 Å². The molecule has 1 amide bonds. The molecule has 0 aliphatic carbocycles. The zero-order valence-electron chi connectivity index (χ0n) is 10.6. The van der Waals surface area contributed by atoms with Gasteiger partial charge in [0.15, 0.2) is 0 Å². The molecule has 0 bridgehead atoms. The van der Waals surface area contributed by atoms with E-state index in [9.17, 15) is 9.18 Å². The number of hydrogen-bond donors (Lipinski definition) is 2. The molecule has 0 spiro atoms. The van der Waals surface area contributed by atoms with E-state index in [0.29, 0.717) is 11.3 Å². The Kier molecular flexibility index (Phi) is 6.65. The van der Waals surface area contributed by atoms with Crippen molar-refractivity contribution in [2.75, 3.05) is 7.11 Å². The minimum Gasteiger partial charge on any atom is -0.496 e. The molecule has 18 heavy (non-hydrogen) atoms. The van der Waals surface area contributed by atoms with Crippen molar-refractivity contribution in [2.24, 2.45) is 5.73 Å². The average Bonchev–Trinajstić information content (AvgIpc) is 2.28. The molecule has 6 heteroatoms. The summed E-state index contributed by atoms with van der Waals surface area (Å²) in [4.78, 5) is 11.4. The van der Waals surface area contributed by atoms with Crippen molar-refractivity contribution >= 4 is 18.3 Å². The van der Waals surface area contributed by atoms with E-state index in [1.165, 1.54) is 25.3 Å². The Bertz CT molecular complexity index is 413. The molecule has 0 aliphatic heterocycles. The fourth-order valence-electron chi connectivity index (χ4n) is 1.47. The van der Waals surface area contributed by atoms with E-state index in [4.69, 9.17) is 10.5 Å². The van der Waals surface area contributed by atoms with Crippen LogP contribution >= 0.6 is 12.4 Å². The van der Waals surface area contributed by atoms with E-state index in [1.807, 2.05) is 0 Å². The molecular formula is C12H18ClFN2O2. The molecule has 0 fully saturated rings. The quantitative estimate of drug-likeness (QED) is 0.881. The smallest absolute Gasteiger partial charge is 0.237 e. The van der Waals surface area contributed by atoms with E-state index in [0.717, 1.165) is 0 Å². The van der Waals surface area contributed by atoms with Crippen LogP contribution in [0.25, 0.3) is 0 Å². The largest absolute Gasteiger partial charge is 0.496 e. The van der Waals surface area contributed by atoms with Gasteiger partial charge in [0.1, 0.15) is 11.6 Å². The number of nitrogens with one attached hydrogen (secondary N) is 1. The van der Waals surface area contributed by atoms with Crippen LogP contribution in [0.5, 0.6) is 5.75 Å². The van der Waals surface area contributed by atoms with Gasteiger partial charge < -0.3 is 15.8 Å². The van der Waals surface area contributed by atoms with Crippen LogP contribution in [0.2, 0.25) is 0 Å². The van der Waals surface area contributed by atoms with Crippen molar-refractivity contribution in [3.05, 3.63) is 29.6 Å². The van der Waals surface area contributed by atoms with Gasteiger partial charge in [0.2, 0.25) is 5.91 Å². The number of benzene rings is 1. The van der Waals surface area contributed by atoms with Gasteiger partial charge in [0.05, 0.1) is 19.2 Å². The summed E-state index contributed by atoms with van der Waals surface area (Å²) in [6.45, 7) is 3.34. The molecule has 1 aromatic rings. The predicted octanol–water partition coefficient (Wildman–Crippen LogP) is 1.78. The maximum atomic E-state index is 13.1. The van der Waals surface area contributed by atoms with E-state index in [2.05, 4.69) is 5.32 Å². The monoisotopic (exact) mass is 276 g/mol. The fourth-order valence-corrected chi connectivity index (χ4v) is 1.47. The lowest BCUT2D eigenvalue weighted by Gasteiger charge is -2.18. The molecular weight excluding hydrogens is 259 g/mol. The van der Waals surface area contributed by atoms with E-state index < -0.39 is 6.04 Å². The molecule has 0 radical (unpaired) electrons. The number of rotatable bonds is 4. The number of ether oxygens (including phenoxy) is 1. The van der Waals surface area contributed by atoms with Crippen LogP contribution in [0.15, 0.2) is 18.2 Å². The molecule has 0 aliphatic rings. The molecule has 3 N–H and O–H groups in total. The van der Waals surface area contributed by atoms with Crippen LogP contribution in [-0.2, 0) is 4.79 Å². The second-order valence-electron chi connectivity index (χ2n) is 3.91. The van der Waals surface area contributed by atoms with Crippen LogP contribution in [-0.4, -0.2) is 19.1 Å². The Morgan fingerprint density at radius 1 is 1.44 bits per heavy atom. The van der Waals surface area contributed by atoms with Gasteiger partial charge in [-0.3, -0.25) is 4.79 Å². The Morgan fingerprint density at radius 3 is 2.56 bits per heavy atom. The first-order chi connectivity index (χ1) is 7.95. The summed E-state index contributed by atoms with van der Waals surface area (Å²) in [6.07, 6.45) is 0. The second-order valence-corrected chi connectivity index (χ2v) is 3.91. The average molecular weight is 277 g/mol. The Morgan fingerprint density at radius 2 is 2.06 bits per heavy atom. The van der Waals surface area contributed by atoms with Crippen molar-refractivity contribution in [1.82, 2.24) is 5.32 Å². The van der Waals surface area contributed by atoms with Gasteiger partial charge in [-0.1, -0.05) is 0 Å². The summed E-state index contributed by atoms with van der Waals surface area (Å²) >= 11 is 0. The van der Waals surface area contributed by atoms with Crippen molar-refractivity contribution in [2.45, 2.75) is 25.9 Å². The van der Waals surface area contributed by atoms with E-state index in [1.54, 1.807) is 13.8 Å². The lowest BCUT2D eigenvalue weighted by molar-refractivity contribution is -0.122. The van der Waals surface area contributed by atoms with Crippen molar-refractivity contribution in [3.63, 3.8) is 0 Å². The Labute approximate surface area is 112 Å². The summed E-state index contributed by atoms with van der Waals surface area (Å²) in [5.41, 5.74) is 6.03. The summed E-state index contributed by atoms with van der Waals surface area (Å²) in [6, 6.07) is 3.21. The summed E-state index contributed by atoms with van der Waals surface area (Å²) in [7, 11) is 1.50. The number of hydrogen-bond acceptors (Lipinski definition) is 3. The molecule has 1 aromatic carbocycles. The van der Waals surface area contributed by atoms with E-state index >= 15 is 0 Å². The third kappa shape index (κ3) is 4.16. The highest BCUT2D eigenvalue weighted by Crippen LogP contribution is 2.25. The molecule has 0 saturated carbocycles. The van der Waals surface area contributed by atoms with Gasteiger partial charge in [-0.25, -0.2) is 4.39 Å². The second kappa shape index (κ2) is 7.18. The highest BCUT2D eigenvalue weighted by atomic mass is 35.5. The van der Waals surface area contributed by atoms with Crippen molar-refractivity contribution < 1.29 is 13.9 Å². The molecule has 2 atom stereocenters. The van der Waals surface area contributed by atoms with Gasteiger partial charge >= 0.3 is 0 Å². The van der Waals surface area contributed by atoms with Crippen LogP contribution in [0.3, 0.4) is 0 Å². The third-order valence-electron chi connectivity index (χ3n) is 2.43. The van der Waals surface area contributed by atoms with Crippen LogP contribution in [0, 0.1) is 5.82 Å². The van der Waals surface area contributed by atoms with Gasteiger partial charge in [0.25, 0.3) is 0 Å². The molecule has 1 rings (SSSR count). The first-order valence-electron chi connectivity index (χ1n) is 5.35. The summed E-state index contributed by atoms with van der Waals surface area (Å²) in [5, 5.41) is 2.69. The SMILES string of the molecule is COc1ccc(F)cc1C(C)NC(=O)[C@@H](C)N.Cl. The zero-order valence-corrected chi connectivity index (χ0v) is 11.4. The minimum atomic E-state index is -0.600. The Balaban J connectivity index is 0.00000289. The maximum Gasteiger partial charge on any atom is 0.237 e.